The minimum Gasteiger partial charge on any atom is -0.494 e. The average molecular weight is 327 g/mol. The Balaban J connectivity index is 1.52. The number of nitrogens with zero attached hydrogens (tertiary/aromatic N) is 1. The summed E-state index contributed by atoms with van der Waals surface area (Å²) in [6, 6.07) is 5.89. The third-order valence-corrected chi connectivity index (χ3v) is 4.24. The maximum atomic E-state index is 6.10. The smallest absolute Gasteiger partial charge is 0.119 e. The van der Waals surface area contributed by atoms with Crippen molar-refractivity contribution in [3.8, 4) is 5.75 Å². The number of morpholine rings is 1. The van der Waals surface area contributed by atoms with Crippen LogP contribution in [0.25, 0.3) is 0 Å². The van der Waals surface area contributed by atoms with Crippen molar-refractivity contribution in [1.29, 1.82) is 0 Å². The van der Waals surface area contributed by atoms with Crippen LogP contribution in [0.15, 0.2) is 18.2 Å². The lowest BCUT2D eigenvalue weighted by molar-refractivity contribution is 0.0384. The second kappa shape index (κ2) is 10.1. The van der Waals surface area contributed by atoms with Crippen molar-refractivity contribution in [2.75, 3.05) is 52.5 Å². The quantitative estimate of drug-likeness (QED) is 0.707. The van der Waals surface area contributed by atoms with E-state index < -0.39 is 0 Å². The van der Waals surface area contributed by atoms with Gasteiger partial charge in [0.2, 0.25) is 0 Å². The number of hydrogen-bond donors (Lipinski definition) is 1. The number of aryl methyl sites for hydroxylation is 1. The zero-order valence-corrected chi connectivity index (χ0v) is 14.2. The summed E-state index contributed by atoms with van der Waals surface area (Å²) in [6.07, 6.45) is 1.94. The average Bonchev–Trinajstić information content (AvgIpc) is 2.56. The molecule has 1 N–H and O–H groups in total. The van der Waals surface area contributed by atoms with Gasteiger partial charge in [0.15, 0.2) is 0 Å². The summed E-state index contributed by atoms with van der Waals surface area (Å²) in [5, 5.41) is 4.29. The molecule has 1 aliphatic heterocycles. The molecule has 0 spiro atoms. The summed E-state index contributed by atoms with van der Waals surface area (Å²) in [5.41, 5.74) is 1.14. The van der Waals surface area contributed by atoms with E-state index in [1.54, 1.807) is 0 Å². The van der Waals surface area contributed by atoms with Crippen molar-refractivity contribution in [1.82, 2.24) is 10.2 Å². The molecule has 0 aromatic heterocycles. The number of halogens is 1. The third-order valence-electron chi connectivity index (χ3n) is 3.87. The van der Waals surface area contributed by atoms with Crippen LogP contribution in [-0.2, 0) is 11.2 Å². The van der Waals surface area contributed by atoms with Gasteiger partial charge in [0.1, 0.15) is 5.75 Å². The van der Waals surface area contributed by atoms with Gasteiger partial charge in [-0.3, -0.25) is 4.90 Å². The SMILES string of the molecule is CCc1cc(OCCCNCCN2CCOCC2)ccc1Cl. The third kappa shape index (κ3) is 6.13. The first kappa shape index (κ1) is 17.5. The van der Waals surface area contributed by atoms with Crippen LogP contribution >= 0.6 is 11.6 Å². The van der Waals surface area contributed by atoms with Crippen molar-refractivity contribution >= 4 is 11.6 Å². The second-order valence-electron chi connectivity index (χ2n) is 5.51. The molecule has 1 fully saturated rings. The van der Waals surface area contributed by atoms with Gasteiger partial charge >= 0.3 is 0 Å². The van der Waals surface area contributed by atoms with Gasteiger partial charge in [-0.1, -0.05) is 18.5 Å². The fourth-order valence-electron chi connectivity index (χ4n) is 2.49. The molecule has 2 rings (SSSR count). The first-order valence-corrected chi connectivity index (χ1v) is 8.59. The highest BCUT2D eigenvalue weighted by atomic mass is 35.5. The van der Waals surface area contributed by atoms with E-state index in [0.29, 0.717) is 0 Å². The lowest BCUT2D eigenvalue weighted by Gasteiger charge is -2.26. The van der Waals surface area contributed by atoms with Crippen molar-refractivity contribution in [2.24, 2.45) is 0 Å². The highest BCUT2D eigenvalue weighted by Gasteiger charge is 2.08. The Kier molecular flexibility index (Phi) is 8.02. The number of rotatable bonds is 9. The summed E-state index contributed by atoms with van der Waals surface area (Å²) in [5.74, 6) is 0.912. The molecule has 22 heavy (non-hydrogen) atoms. The van der Waals surface area contributed by atoms with E-state index in [1.165, 1.54) is 0 Å². The topological polar surface area (TPSA) is 33.7 Å². The van der Waals surface area contributed by atoms with E-state index in [9.17, 15) is 0 Å². The van der Waals surface area contributed by atoms with Crippen LogP contribution in [-0.4, -0.2) is 57.4 Å². The molecule has 1 aromatic carbocycles. The van der Waals surface area contributed by atoms with Crippen LogP contribution in [0.2, 0.25) is 5.02 Å². The van der Waals surface area contributed by atoms with E-state index in [2.05, 4.69) is 17.1 Å². The van der Waals surface area contributed by atoms with Gasteiger partial charge in [-0.05, 0) is 43.1 Å². The summed E-state index contributed by atoms with van der Waals surface area (Å²) in [7, 11) is 0. The Morgan fingerprint density at radius 2 is 2.09 bits per heavy atom. The van der Waals surface area contributed by atoms with Crippen molar-refractivity contribution in [2.45, 2.75) is 19.8 Å². The summed E-state index contributed by atoms with van der Waals surface area (Å²) < 4.78 is 11.1. The summed E-state index contributed by atoms with van der Waals surface area (Å²) in [4.78, 5) is 2.44. The standard InChI is InChI=1S/C17H27ClN2O2/c1-2-15-14-16(4-5-17(15)18)22-11-3-6-19-7-8-20-9-12-21-13-10-20/h4-5,14,19H,2-3,6-13H2,1H3. The predicted molar refractivity (Wildman–Crippen MR) is 91.1 cm³/mol. The first-order chi connectivity index (χ1) is 10.8. The Labute approximate surface area is 138 Å². The van der Waals surface area contributed by atoms with Crippen LogP contribution in [0.1, 0.15) is 18.9 Å². The molecular weight excluding hydrogens is 300 g/mol. The molecule has 1 saturated heterocycles. The summed E-state index contributed by atoms with van der Waals surface area (Å²) >= 11 is 6.10. The van der Waals surface area contributed by atoms with E-state index in [-0.39, 0.29) is 0 Å². The van der Waals surface area contributed by atoms with E-state index in [0.717, 1.165) is 81.7 Å². The van der Waals surface area contributed by atoms with Gasteiger partial charge in [-0.25, -0.2) is 0 Å². The molecule has 5 heteroatoms. The van der Waals surface area contributed by atoms with E-state index in [4.69, 9.17) is 21.1 Å². The first-order valence-electron chi connectivity index (χ1n) is 8.21. The van der Waals surface area contributed by atoms with Gasteiger partial charge < -0.3 is 14.8 Å². The van der Waals surface area contributed by atoms with Gasteiger partial charge in [-0.2, -0.15) is 0 Å². The molecule has 0 bridgehead atoms. The van der Waals surface area contributed by atoms with Crippen molar-refractivity contribution in [3.05, 3.63) is 28.8 Å². The fraction of sp³-hybridized carbons (Fsp3) is 0.647. The van der Waals surface area contributed by atoms with Gasteiger partial charge in [0.05, 0.1) is 19.8 Å². The predicted octanol–water partition coefficient (Wildman–Crippen LogP) is 2.59. The Morgan fingerprint density at radius 3 is 2.86 bits per heavy atom. The number of ether oxygens (including phenoxy) is 2. The van der Waals surface area contributed by atoms with Crippen LogP contribution in [0.5, 0.6) is 5.75 Å². The summed E-state index contributed by atoms with van der Waals surface area (Å²) in [6.45, 7) is 9.80. The number of nitrogens with one attached hydrogen (secondary N) is 1. The molecule has 1 aliphatic rings. The molecule has 0 aliphatic carbocycles. The molecule has 0 atom stereocenters. The molecule has 0 amide bonds. The molecular formula is C17H27ClN2O2. The maximum Gasteiger partial charge on any atom is 0.119 e. The fourth-order valence-corrected chi connectivity index (χ4v) is 2.74. The highest BCUT2D eigenvalue weighted by Crippen LogP contribution is 2.22. The molecule has 0 radical (unpaired) electrons. The minimum absolute atomic E-state index is 0.731. The van der Waals surface area contributed by atoms with Crippen LogP contribution in [0.4, 0.5) is 0 Å². The Bertz CT molecular complexity index is 437. The van der Waals surface area contributed by atoms with Gasteiger partial charge in [0.25, 0.3) is 0 Å². The lowest BCUT2D eigenvalue weighted by Crippen LogP contribution is -2.40. The second-order valence-corrected chi connectivity index (χ2v) is 5.92. The Hall–Kier alpha value is -0.810. The zero-order chi connectivity index (χ0) is 15.6. The van der Waals surface area contributed by atoms with Crippen LogP contribution in [0, 0.1) is 0 Å². The van der Waals surface area contributed by atoms with Gasteiger partial charge in [0, 0.05) is 31.2 Å². The lowest BCUT2D eigenvalue weighted by atomic mass is 10.1. The largest absolute Gasteiger partial charge is 0.494 e. The normalized spacial score (nSPS) is 15.9. The molecule has 124 valence electrons. The molecule has 4 nitrogen and oxygen atoms in total. The monoisotopic (exact) mass is 326 g/mol. The van der Waals surface area contributed by atoms with E-state index in [1.807, 2.05) is 18.2 Å². The molecule has 0 saturated carbocycles. The highest BCUT2D eigenvalue weighted by molar-refractivity contribution is 6.31. The molecule has 1 heterocycles. The van der Waals surface area contributed by atoms with Crippen molar-refractivity contribution in [3.63, 3.8) is 0 Å². The van der Waals surface area contributed by atoms with Crippen LogP contribution < -0.4 is 10.1 Å². The van der Waals surface area contributed by atoms with E-state index >= 15 is 0 Å². The molecule has 0 unspecified atom stereocenters. The zero-order valence-electron chi connectivity index (χ0n) is 13.4. The van der Waals surface area contributed by atoms with Crippen LogP contribution in [0.3, 0.4) is 0 Å². The Morgan fingerprint density at radius 1 is 1.27 bits per heavy atom. The van der Waals surface area contributed by atoms with Gasteiger partial charge in [-0.15, -0.1) is 0 Å². The maximum absolute atomic E-state index is 6.10. The number of benzene rings is 1. The molecule has 1 aromatic rings. The van der Waals surface area contributed by atoms with Crippen molar-refractivity contribution < 1.29 is 9.47 Å². The minimum atomic E-state index is 0.731. The number of hydrogen-bond acceptors (Lipinski definition) is 4.